The zero-order chi connectivity index (χ0) is 46.4. The van der Waals surface area contributed by atoms with E-state index in [1.807, 2.05) is 17.6 Å². The lowest BCUT2D eigenvalue weighted by molar-refractivity contribution is 0.906. The first kappa shape index (κ1) is 41.4. The predicted molar refractivity (Wildman–Crippen MR) is 299 cm³/mol. The summed E-state index contributed by atoms with van der Waals surface area (Å²) < 4.78 is 5.03. The standard InChI is InChI=1S/C65H46N4S/c1-5-17-45(18-6-1)47-29-33-52(34-30-47)68(53-35-31-48(32-36-53)46-19-7-2-8-20-46)56-42-49(41-55(43-56)67(50-21-9-3-10-22-50)54-37-39-66-40-38-54)59-44-62-64(58-26-14-16-28-61(58)70-62)65-63(59)57-25-13-15-27-60(57)69(65)51-23-11-4-12-24-51/h1-37,39,41-44H,38,40H2. The van der Waals surface area contributed by atoms with Crippen molar-refractivity contribution in [1.82, 2.24) is 4.57 Å². The molecule has 70 heavy (non-hydrogen) atoms. The molecule has 0 saturated carbocycles. The van der Waals surface area contributed by atoms with Gasteiger partial charge >= 0.3 is 0 Å². The lowest BCUT2D eigenvalue weighted by Gasteiger charge is -2.32. The summed E-state index contributed by atoms with van der Waals surface area (Å²) in [5.41, 5.74) is 17.1. The molecular weight excluding hydrogens is 869 g/mol. The number of hydrogen-bond donors (Lipinski definition) is 0. The third-order valence-corrected chi connectivity index (χ3v) is 14.8. The van der Waals surface area contributed by atoms with Gasteiger partial charge in [0.1, 0.15) is 0 Å². The second-order valence-electron chi connectivity index (χ2n) is 17.8. The highest BCUT2D eigenvalue weighted by Gasteiger charge is 2.25. The fourth-order valence-electron chi connectivity index (χ4n) is 10.5. The number of para-hydroxylation sites is 3. The zero-order valence-corrected chi connectivity index (χ0v) is 39.2. The third-order valence-electron chi connectivity index (χ3n) is 13.7. The molecule has 1 aliphatic rings. The van der Waals surface area contributed by atoms with Crippen molar-refractivity contribution in [2.24, 2.45) is 4.99 Å². The highest BCUT2D eigenvalue weighted by molar-refractivity contribution is 7.26. The summed E-state index contributed by atoms with van der Waals surface area (Å²) in [5.74, 6) is 0. The summed E-state index contributed by atoms with van der Waals surface area (Å²) in [4.78, 5) is 9.51. The van der Waals surface area contributed by atoms with Crippen molar-refractivity contribution in [3.8, 4) is 39.1 Å². The number of anilines is 5. The lowest BCUT2D eigenvalue weighted by Crippen LogP contribution is -2.19. The molecule has 0 saturated heterocycles. The Kier molecular flexibility index (Phi) is 10.5. The molecule has 0 atom stereocenters. The van der Waals surface area contributed by atoms with E-state index in [0.29, 0.717) is 0 Å². The van der Waals surface area contributed by atoms with Gasteiger partial charge in [0.15, 0.2) is 0 Å². The minimum atomic E-state index is 0.734. The number of fused-ring (bicyclic) bond motifs is 7. The average molecular weight is 915 g/mol. The second-order valence-corrected chi connectivity index (χ2v) is 18.9. The maximum atomic E-state index is 4.65. The van der Waals surface area contributed by atoms with E-state index in [2.05, 4.69) is 268 Å². The van der Waals surface area contributed by atoms with E-state index in [9.17, 15) is 0 Å². The van der Waals surface area contributed by atoms with Gasteiger partial charge in [-0.05, 0) is 124 Å². The Morgan fingerprint density at radius 2 is 0.929 bits per heavy atom. The molecule has 13 rings (SSSR count). The van der Waals surface area contributed by atoms with Crippen molar-refractivity contribution in [2.45, 2.75) is 6.42 Å². The van der Waals surface area contributed by atoms with Crippen molar-refractivity contribution >= 4 is 88.0 Å². The maximum absolute atomic E-state index is 4.65. The minimum Gasteiger partial charge on any atom is -0.314 e. The number of aromatic nitrogens is 1. The number of benzene rings is 10. The molecule has 12 aromatic rings. The summed E-state index contributed by atoms with van der Waals surface area (Å²) in [6.45, 7) is 0.734. The summed E-state index contributed by atoms with van der Waals surface area (Å²) in [6.07, 6.45) is 4.96. The van der Waals surface area contributed by atoms with Crippen LogP contribution in [0.5, 0.6) is 0 Å². The molecule has 3 heterocycles. The van der Waals surface area contributed by atoms with Crippen molar-refractivity contribution in [2.75, 3.05) is 16.3 Å². The van der Waals surface area contributed by atoms with Crippen LogP contribution in [0.2, 0.25) is 0 Å². The summed E-state index contributed by atoms with van der Waals surface area (Å²) >= 11 is 1.87. The SMILES string of the molecule is C1=NCCC(N(c2ccccc2)c2cc(-c3cc4sc5ccccc5c4c4c3c3ccccc3n4-c3ccccc3)cc(N(c3ccc(-c4ccccc4)cc3)c3ccc(-c4ccccc4)cc3)c2)=C1. The predicted octanol–water partition coefficient (Wildman–Crippen LogP) is 18.1. The van der Waals surface area contributed by atoms with Crippen LogP contribution >= 0.6 is 11.3 Å². The Morgan fingerprint density at radius 3 is 1.56 bits per heavy atom. The second kappa shape index (κ2) is 17.7. The molecule has 10 aromatic carbocycles. The van der Waals surface area contributed by atoms with E-state index >= 15 is 0 Å². The number of nitrogens with zero attached hydrogens (tertiary/aromatic N) is 4. The van der Waals surface area contributed by atoms with E-state index in [1.54, 1.807) is 0 Å². The van der Waals surface area contributed by atoms with Crippen LogP contribution < -0.4 is 9.80 Å². The molecule has 5 heteroatoms. The summed E-state index contributed by atoms with van der Waals surface area (Å²) in [6, 6.07) is 88.6. The first-order valence-corrected chi connectivity index (χ1v) is 24.8. The van der Waals surface area contributed by atoms with Gasteiger partial charge in [-0.1, -0.05) is 158 Å². The Labute approximate surface area is 411 Å². The number of allylic oxidation sites excluding steroid dienone is 1. The van der Waals surface area contributed by atoms with E-state index in [4.69, 9.17) is 0 Å². The fraction of sp³-hybridized carbons (Fsp3) is 0.0308. The van der Waals surface area contributed by atoms with Gasteiger partial charge in [-0.2, -0.15) is 0 Å². The Balaban J connectivity index is 1.12. The van der Waals surface area contributed by atoms with Crippen LogP contribution in [0.25, 0.3) is 81.0 Å². The minimum absolute atomic E-state index is 0.734. The molecule has 332 valence electrons. The molecule has 0 N–H and O–H groups in total. The van der Waals surface area contributed by atoms with Crippen LogP contribution in [-0.2, 0) is 0 Å². The molecule has 0 bridgehead atoms. The highest BCUT2D eigenvalue weighted by atomic mass is 32.1. The van der Waals surface area contributed by atoms with Crippen molar-refractivity contribution in [1.29, 1.82) is 0 Å². The van der Waals surface area contributed by atoms with Gasteiger partial charge < -0.3 is 14.4 Å². The van der Waals surface area contributed by atoms with E-state index < -0.39 is 0 Å². The quantitative estimate of drug-likeness (QED) is 0.136. The number of hydrogen-bond acceptors (Lipinski definition) is 4. The van der Waals surface area contributed by atoms with Crippen molar-refractivity contribution < 1.29 is 0 Å². The van der Waals surface area contributed by atoms with Crippen LogP contribution in [0, 0.1) is 0 Å². The van der Waals surface area contributed by atoms with Crippen LogP contribution in [0.4, 0.5) is 28.4 Å². The Morgan fingerprint density at radius 1 is 0.400 bits per heavy atom. The van der Waals surface area contributed by atoms with Gasteiger partial charge in [0.2, 0.25) is 0 Å². The van der Waals surface area contributed by atoms with Crippen LogP contribution in [-0.4, -0.2) is 17.3 Å². The average Bonchev–Trinajstić information content (AvgIpc) is 3.99. The molecule has 0 aliphatic carbocycles. The van der Waals surface area contributed by atoms with E-state index in [0.717, 1.165) is 52.7 Å². The smallest absolute Gasteiger partial charge is 0.0640 e. The van der Waals surface area contributed by atoms with Gasteiger partial charge in [0.05, 0.1) is 11.0 Å². The zero-order valence-electron chi connectivity index (χ0n) is 38.4. The van der Waals surface area contributed by atoms with Gasteiger partial charge in [-0.3, -0.25) is 4.99 Å². The lowest BCUT2D eigenvalue weighted by atomic mass is 9.95. The number of dihydropyridines is 1. The molecule has 0 radical (unpaired) electrons. The van der Waals surface area contributed by atoms with Gasteiger partial charge in [0, 0.05) is 89.9 Å². The molecule has 0 unspecified atom stereocenters. The van der Waals surface area contributed by atoms with E-state index in [-0.39, 0.29) is 0 Å². The van der Waals surface area contributed by atoms with Crippen molar-refractivity contribution in [3.63, 3.8) is 0 Å². The number of thiophene rings is 1. The topological polar surface area (TPSA) is 23.8 Å². The highest BCUT2D eigenvalue weighted by Crippen LogP contribution is 2.50. The van der Waals surface area contributed by atoms with E-state index in [1.165, 1.54) is 75.5 Å². The summed E-state index contributed by atoms with van der Waals surface area (Å²) in [5, 5.41) is 5.02. The van der Waals surface area contributed by atoms with Crippen LogP contribution in [0.15, 0.2) is 259 Å². The van der Waals surface area contributed by atoms with Crippen LogP contribution in [0.3, 0.4) is 0 Å². The molecule has 0 fully saturated rings. The molecule has 1 aliphatic heterocycles. The third kappa shape index (κ3) is 7.36. The fourth-order valence-corrected chi connectivity index (χ4v) is 11.6. The first-order chi connectivity index (χ1) is 34.7. The molecule has 0 spiro atoms. The Hall–Kier alpha value is -8.77. The number of aliphatic imine (C=N–C) groups is 1. The molecule has 4 nitrogen and oxygen atoms in total. The Bertz CT molecular complexity index is 3830. The maximum Gasteiger partial charge on any atom is 0.0640 e. The molecule has 2 aromatic heterocycles. The monoisotopic (exact) mass is 914 g/mol. The first-order valence-electron chi connectivity index (χ1n) is 24.0. The van der Waals surface area contributed by atoms with Crippen molar-refractivity contribution in [3.05, 3.63) is 254 Å². The van der Waals surface area contributed by atoms with Gasteiger partial charge in [-0.15, -0.1) is 11.3 Å². The van der Waals surface area contributed by atoms with Gasteiger partial charge in [-0.25, -0.2) is 0 Å². The largest absolute Gasteiger partial charge is 0.314 e. The normalized spacial score (nSPS) is 12.5. The van der Waals surface area contributed by atoms with Crippen LogP contribution in [0.1, 0.15) is 6.42 Å². The molecular formula is C65H46N4S. The number of rotatable bonds is 10. The molecule has 0 amide bonds. The van der Waals surface area contributed by atoms with Gasteiger partial charge in [0.25, 0.3) is 0 Å². The summed E-state index contributed by atoms with van der Waals surface area (Å²) in [7, 11) is 0.